The summed E-state index contributed by atoms with van der Waals surface area (Å²) in [6.07, 6.45) is -4.41. The molecular weight excluding hydrogens is 202 g/mol. The summed E-state index contributed by atoms with van der Waals surface area (Å²) in [7, 11) is 1.57. The van der Waals surface area contributed by atoms with E-state index in [2.05, 4.69) is 0 Å². The summed E-state index contributed by atoms with van der Waals surface area (Å²) in [6.45, 7) is 3.90. The Bertz CT molecular complexity index is 235. The van der Waals surface area contributed by atoms with Crippen molar-refractivity contribution < 1.29 is 24.5 Å². The SMILES string of the molecule is CCN(C)C(=O)O[C@H]1O[C@H](C)[C@H](O)[C@H]1O. The van der Waals surface area contributed by atoms with Crippen LogP contribution in [-0.4, -0.2) is 59.4 Å². The quantitative estimate of drug-likeness (QED) is 0.657. The molecule has 0 spiro atoms. The van der Waals surface area contributed by atoms with Gasteiger partial charge in [-0.15, -0.1) is 0 Å². The minimum absolute atomic E-state index is 0.500. The first-order valence-corrected chi connectivity index (χ1v) is 4.90. The Kier molecular flexibility index (Phi) is 3.90. The number of carbonyl (C=O) groups is 1. The fourth-order valence-electron chi connectivity index (χ4n) is 1.23. The van der Waals surface area contributed by atoms with Crippen LogP contribution >= 0.6 is 0 Å². The third-order valence-electron chi connectivity index (χ3n) is 2.46. The molecule has 0 saturated carbocycles. The van der Waals surface area contributed by atoms with Gasteiger partial charge in [-0.1, -0.05) is 0 Å². The highest BCUT2D eigenvalue weighted by molar-refractivity contribution is 5.67. The lowest BCUT2D eigenvalue weighted by Crippen LogP contribution is -2.37. The largest absolute Gasteiger partial charge is 0.416 e. The van der Waals surface area contributed by atoms with Crippen LogP contribution in [0, 0.1) is 0 Å². The Labute approximate surface area is 88.4 Å². The number of nitrogens with zero attached hydrogens (tertiary/aromatic N) is 1. The molecule has 1 aliphatic rings. The van der Waals surface area contributed by atoms with Gasteiger partial charge in [-0.3, -0.25) is 0 Å². The molecule has 0 aromatic rings. The molecule has 4 atom stereocenters. The first-order valence-electron chi connectivity index (χ1n) is 4.90. The van der Waals surface area contributed by atoms with Crippen LogP contribution in [0.1, 0.15) is 13.8 Å². The topological polar surface area (TPSA) is 79.2 Å². The molecule has 1 amide bonds. The Balaban J connectivity index is 2.50. The summed E-state index contributed by atoms with van der Waals surface area (Å²) >= 11 is 0. The van der Waals surface area contributed by atoms with Crippen molar-refractivity contribution in [2.75, 3.05) is 13.6 Å². The Hall–Kier alpha value is -0.850. The highest BCUT2D eigenvalue weighted by atomic mass is 16.7. The van der Waals surface area contributed by atoms with Crippen molar-refractivity contribution in [3.8, 4) is 0 Å². The number of carbonyl (C=O) groups excluding carboxylic acids is 1. The van der Waals surface area contributed by atoms with Crippen molar-refractivity contribution in [1.82, 2.24) is 4.90 Å². The lowest BCUT2D eigenvalue weighted by Gasteiger charge is -2.20. The zero-order valence-corrected chi connectivity index (χ0v) is 9.08. The molecule has 0 aliphatic carbocycles. The number of aliphatic hydroxyl groups is 2. The number of hydrogen-bond acceptors (Lipinski definition) is 5. The average Bonchev–Trinajstić information content (AvgIpc) is 2.45. The molecule has 6 heteroatoms. The summed E-state index contributed by atoms with van der Waals surface area (Å²) in [5.74, 6) is 0. The maximum absolute atomic E-state index is 11.3. The number of aliphatic hydroxyl groups excluding tert-OH is 2. The van der Waals surface area contributed by atoms with E-state index in [0.29, 0.717) is 6.54 Å². The van der Waals surface area contributed by atoms with Gasteiger partial charge in [0.25, 0.3) is 0 Å². The second-order valence-electron chi connectivity index (χ2n) is 3.59. The molecular formula is C9H17NO5. The van der Waals surface area contributed by atoms with E-state index >= 15 is 0 Å². The summed E-state index contributed by atoms with van der Waals surface area (Å²) in [4.78, 5) is 12.7. The second-order valence-corrected chi connectivity index (χ2v) is 3.59. The first kappa shape index (κ1) is 12.2. The monoisotopic (exact) mass is 219 g/mol. The fraction of sp³-hybridized carbons (Fsp3) is 0.889. The normalized spacial score (nSPS) is 35.3. The summed E-state index contributed by atoms with van der Waals surface area (Å²) in [6, 6.07) is 0. The standard InChI is InChI=1S/C9H17NO5/c1-4-10(3)9(13)15-8-7(12)6(11)5(2)14-8/h5-8,11-12H,4H2,1-3H3/t5-,6+,7-,8-/m1/s1. The number of ether oxygens (including phenoxy) is 2. The lowest BCUT2D eigenvalue weighted by atomic mass is 10.2. The van der Waals surface area contributed by atoms with Crippen LogP contribution in [0.15, 0.2) is 0 Å². The molecule has 6 nitrogen and oxygen atoms in total. The Morgan fingerprint density at radius 2 is 2.07 bits per heavy atom. The molecule has 0 unspecified atom stereocenters. The molecule has 88 valence electrons. The maximum atomic E-state index is 11.3. The molecule has 1 saturated heterocycles. The van der Waals surface area contributed by atoms with Gasteiger partial charge in [0.1, 0.15) is 12.2 Å². The van der Waals surface area contributed by atoms with Gasteiger partial charge in [-0.25, -0.2) is 4.79 Å². The zero-order valence-electron chi connectivity index (χ0n) is 9.08. The van der Waals surface area contributed by atoms with Crippen molar-refractivity contribution in [3.63, 3.8) is 0 Å². The third kappa shape index (κ3) is 2.58. The third-order valence-corrected chi connectivity index (χ3v) is 2.46. The zero-order chi connectivity index (χ0) is 11.6. The van der Waals surface area contributed by atoms with Crippen LogP contribution in [0.2, 0.25) is 0 Å². The summed E-state index contributed by atoms with van der Waals surface area (Å²) in [5, 5.41) is 18.8. The molecule has 1 rings (SSSR count). The molecule has 0 aromatic carbocycles. The van der Waals surface area contributed by atoms with Gasteiger partial charge in [-0.05, 0) is 13.8 Å². The minimum atomic E-state index is -1.19. The van der Waals surface area contributed by atoms with Crippen LogP contribution in [0.4, 0.5) is 4.79 Å². The Morgan fingerprint density at radius 3 is 2.47 bits per heavy atom. The number of amides is 1. The van der Waals surface area contributed by atoms with E-state index in [0.717, 1.165) is 0 Å². The molecule has 1 heterocycles. The minimum Gasteiger partial charge on any atom is -0.416 e. The number of hydrogen-bond donors (Lipinski definition) is 2. The van der Waals surface area contributed by atoms with Crippen molar-refractivity contribution in [2.24, 2.45) is 0 Å². The predicted octanol–water partition coefficient (Wildman–Crippen LogP) is -0.459. The van der Waals surface area contributed by atoms with E-state index in [1.165, 1.54) is 4.90 Å². The molecule has 15 heavy (non-hydrogen) atoms. The molecule has 0 aromatic heterocycles. The van der Waals surface area contributed by atoms with E-state index in [1.807, 2.05) is 0 Å². The first-order chi connectivity index (χ1) is 6.97. The van der Waals surface area contributed by atoms with E-state index in [-0.39, 0.29) is 0 Å². The smallest absolute Gasteiger partial charge is 0.411 e. The average molecular weight is 219 g/mol. The van der Waals surface area contributed by atoms with Gasteiger partial charge in [0.2, 0.25) is 6.29 Å². The van der Waals surface area contributed by atoms with E-state index in [9.17, 15) is 15.0 Å². The van der Waals surface area contributed by atoms with E-state index in [1.54, 1.807) is 20.9 Å². The van der Waals surface area contributed by atoms with Crippen LogP contribution in [-0.2, 0) is 9.47 Å². The van der Waals surface area contributed by atoms with Crippen molar-refractivity contribution >= 4 is 6.09 Å². The second kappa shape index (κ2) is 4.78. The van der Waals surface area contributed by atoms with Gasteiger partial charge in [0.05, 0.1) is 6.10 Å². The van der Waals surface area contributed by atoms with Gasteiger partial charge >= 0.3 is 6.09 Å². The molecule has 2 N–H and O–H groups in total. The van der Waals surface area contributed by atoms with Crippen molar-refractivity contribution in [1.29, 1.82) is 0 Å². The van der Waals surface area contributed by atoms with E-state index < -0.39 is 30.7 Å². The van der Waals surface area contributed by atoms with Gasteiger partial charge < -0.3 is 24.6 Å². The molecule has 1 aliphatic heterocycles. The molecule has 1 fully saturated rings. The highest BCUT2D eigenvalue weighted by Gasteiger charge is 2.42. The highest BCUT2D eigenvalue weighted by Crippen LogP contribution is 2.22. The lowest BCUT2D eigenvalue weighted by molar-refractivity contribution is -0.132. The van der Waals surface area contributed by atoms with Gasteiger partial charge in [-0.2, -0.15) is 0 Å². The van der Waals surface area contributed by atoms with Crippen LogP contribution in [0.5, 0.6) is 0 Å². The van der Waals surface area contributed by atoms with Crippen LogP contribution in [0.25, 0.3) is 0 Å². The van der Waals surface area contributed by atoms with Crippen molar-refractivity contribution in [2.45, 2.75) is 38.4 Å². The summed E-state index contributed by atoms with van der Waals surface area (Å²) < 4.78 is 9.95. The van der Waals surface area contributed by atoms with Crippen LogP contribution < -0.4 is 0 Å². The van der Waals surface area contributed by atoms with Crippen LogP contribution in [0.3, 0.4) is 0 Å². The Morgan fingerprint density at radius 1 is 1.47 bits per heavy atom. The maximum Gasteiger partial charge on any atom is 0.411 e. The number of rotatable bonds is 2. The van der Waals surface area contributed by atoms with Gasteiger partial charge in [0.15, 0.2) is 0 Å². The molecule has 0 bridgehead atoms. The summed E-state index contributed by atoms with van der Waals surface area (Å²) in [5.41, 5.74) is 0. The van der Waals surface area contributed by atoms with Crippen molar-refractivity contribution in [3.05, 3.63) is 0 Å². The van der Waals surface area contributed by atoms with E-state index in [4.69, 9.17) is 9.47 Å². The molecule has 0 radical (unpaired) electrons. The predicted molar refractivity (Wildman–Crippen MR) is 51.1 cm³/mol. The fourth-order valence-corrected chi connectivity index (χ4v) is 1.23. The van der Waals surface area contributed by atoms with Gasteiger partial charge in [0, 0.05) is 13.6 Å².